The number of rotatable bonds is 12. The molecule has 2 aromatic carbocycles. The van der Waals surface area contributed by atoms with Crippen LogP contribution in [0.2, 0.25) is 0 Å². The molecule has 2 atom stereocenters. The molecule has 8 nitrogen and oxygen atoms in total. The zero-order valence-electron chi connectivity index (χ0n) is 20.8. The average molecular weight is 569 g/mol. The van der Waals surface area contributed by atoms with E-state index in [0.717, 1.165) is 27.0 Å². The van der Waals surface area contributed by atoms with Crippen LogP contribution in [-0.2, 0) is 26.2 Å². The number of benzene rings is 2. The summed E-state index contributed by atoms with van der Waals surface area (Å²) in [5.41, 5.74) is 1.15. The SMILES string of the molecule is CCOc1ccc(N(CC(=O)N(Cc2ccc(Br)cc2)[C@@H](C)C(=O)N[C@H](C)CC)S(C)(=O)=O)cc1. The largest absolute Gasteiger partial charge is 0.494 e. The zero-order valence-corrected chi connectivity index (χ0v) is 23.2. The van der Waals surface area contributed by atoms with Crippen molar-refractivity contribution in [3.63, 3.8) is 0 Å². The van der Waals surface area contributed by atoms with Gasteiger partial charge in [-0.3, -0.25) is 13.9 Å². The van der Waals surface area contributed by atoms with Gasteiger partial charge in [-0.2, -0.15) is 0 Å². The van der Waals surface area contributed by atoms with Crippen LogP contribution in [0.4, 0.5) is 5.69 Å². The number of nitrogens with one attached hydrogen (secondary N) is 1. The van der Waals surface area contributed by atoms with Gasteiger partial charge in [0, 0.05) is 17.1 Å². The van der Waals surface area contributed by atoms with Crippen molar-refractivity contribution in [2.45, 2.75) is 52.7 Å². The first-order valence-corrected chi connectivity index (χ1v) is 14.1. The summed E-state index contributed by atoms with van der Waals surface area (Å²) >= 11 is 3.40. The highest BCUT2D eigenvalue weighted by atomic mass is 79.9. The van der Waals surface area contributed by atoms with E-state index in [-0.39, 0.29) is 18.5 Å². The Morgan fingerprint density at radius 3 is 2.14 bits per heavy atom. The van der Waals surface area contributed by atoms with Gasteiger partial charge in [-0.15, -0.1) is 0 Å². The van der Waals surface area contributed by atoms with Gasteiger partial charge in [-0.25, -0.2) is 8.42 Å². The number of hydrogen-bond acceptors (Lipinski definition) is 5. The zero-order chi connectivity index (χ0) is 26.2. The second-order valence-corrected chi connectivity index (χ2v) is 11.2. The molecule has 0 radical (unpaired) electrons. The van der Waals surface area contributed by atoms with Crippen LogP contribution in [-0.4, -0.2) is 56.6 Å². The first kappa shape index (κ1) is 28.6. The minimum absolute atomic E-state index is 0.0500. The van der Waals surface area contributed by atoms with E-state index in [4.69, 9.17) is 4.74 Å². The maximum atomic E-state index is 13.5. The summed E-state index contributed by atoms with van der Waals surface area (Å²) < 4.78 is 32.6. The normalized spacial score (nSPS) is 13.0. The molecule has 0 saturated heterocycles. The summed E-state index contributed by atoms with van der Waals surface area (Å²) in [4.78, 5) is 27.8. The molecular weight excluding hydrogens is 534 g/mol. The summed E-state index contributed by atoms with van der Waals surface area (Å²) in [7, 11) is -3.78. The maximum Gasteiger partial charge on any atom is 0.244 e. The predicted molar refractivity (Wildman–Crippen MR) is 142 cm³/mol. The number of carbonyl (C=O) groups is 2. The Hall–Kier alpha value is -2.59. The number of carbonyl (C=O) groups excluding carboxylic acids is 2. The molecule has 0 aliphatic carbocycles. The fourth-order valence-corrected chi connectivity index (χ4v) is 4.44. The van der Waals surface area contributed by atoms with Crippen LogP contribution in [0.5, 0.6) is 5.75 Å². The number of amides is 2. The standard InChI is InChI=1S/C25H34BrN3O5S/c1-6-18(3)27-25(31)19(4)28(16-20-8-10-21(26)11-9-20)24(30)17-29(35(5,32)33)22-12-14-23(15-13-22)34-7-2/h8-15,18-19H,6-7,16-17H2,1-5H3,(H,27,31)/t18-,19+/m1/s1. The molecule has 0 aliphatic heterocycles. The molecule has 2 rings (SSSR count). The Morgan fingerprint density at radius 1 is 1.03 bits per heavy atom. The van der Waals surface area contributed by atoms with Crippen LogP contribution in [0.15, 0.2) is 53.0 Å². The first-order chi connectivity index (χ1) is 16.5. The van der Waals surface area contributed by atoms with Crippen LogP contribution >= 0.6 is 15.9 Å². The number of anilines is 1. The Balaban J connectivity index is 2.35. The second kappa shape index (κ2) is 12.9. The minimum Gasteiger partial charge on any atom is -0.494 e. The quantitative estimate of drug-likeness (QED) is 0.419. The lowest BCUT2D eigenvalue weighted by atomic mass is 10.1. The van der Waals surface area contributed by atoms with E-state index in [9.17, 15) is 18.0 Å². The summed E-state index contributed by atoms with van der Waals surface area (Å²) in [5, 5.41) is 2.91. The van der Waals surface area contributed by atoms with Crippen LogP contribution < -0.4 is 14.4 Å². The molecule has 0 heterocycles. The van der Waals surface area contributed by atoms with Gasteiger partial charge >= 0.3 is 0 Å². The molecule has 0 unspecified atom stereocenters. The van der Waals surface area contributed by atoms with E-state index in [1.807, 2.05) is 45.0 Å². The van der Waals surface area contributed by atoms with Crippen molar-refractivity contribution < 1.29 is 22.7 Å². The lowest BCUT2D eigenvalue weighted by Crippen LogP contribution is -2.52. The molecule has 192 valence electrons. The lowest BCUT2D eigenvalue weighted by molar-refractivity contribution is -0.139. The van der Waals surface area contributed by atoms with Gasteiger partial charge in [0.2, 0.25) is 21.8 Å². The van der Waals surface area contributed by atoms with E-state index >= 15 is 0 Å². The highest BCUT2D eigenvalue weighted by molar-refractivity contribution is 9.10. The molecule has 0 saturated carbocycles. The molecule has 0 aliphatic rings. The van der Waals surface area contributed by atoms with E-state index in [0.29, 0.717) is 18.0 Å². The topological polar surface area (TPSA) is 96.0 Å². The van der Waals surface area contributed by atoms with Crippen molar-refractivity contribution >= 4 is 43.5 Å². The summed E-state index contributed by atoms with van der Waals surface area (Å²) in [6, 6.07) is 13.1. The Kier molecular flexibility index (Phi) is 10.6. The molecule has 0 bridgehead atoms. The van der Waals surface area contributed by atoms with Gasteiger partial charge in [-0.05, 0) is 69.2 Å². The number of sulfonamides is 1. The summed E-state index contributed by atoms with van der Waals surface area (Å²) in [5.74, 6) is -0.181. The van der Waals surface area contributed by atoms with Gasteiger partial charge in [0.25, 0.3) is 0 Å². The van der Waals surface area contributed by atoms with E-state index in [1.54, 1.807) is 31.2 Å². The van der Waals surface area contributed by atoms with Crippen LogP contribution in [0, 0.1) is 0 Å². The number of halogens is 1. The third-order valence-electron chi connectivity index (χ3n) is 5.55. The third-order valence-corrected chi connectivity index (χ3v) is 7.22. The van der Waals surface area contributed by atoms with Crippen molar-refractivity contribution in [1.29, 1.82) is 0 Å². The van der Waals surface area contributed by atoms with Crippen molar-refractivity contribution in [3.8, 4) is 5.75 Å². The Labute approximate surface area is 216 Å². The molecule has 2 aromatic rings. The molecule has 0 spiro atoms. The molecule has 0 fully saturated rings. The van der Waals surface area contributed by atoms with Crippen molar-refractivity contribution in [3.05, 3.63) is 58.6 Å². The van der Waals surface area contributed by atoms with Crippen LogP contribution in [0.1, 0.15) is 39.7 Å². The third kappa shape index (κ3) is 8.54. The minimum atomic E-state index is -3.78. The van der Waals surface area contributed by atoms with Gasteiger partial charge in [0.1, 0.15) is 18.3 Å². The number of hydrogen-bond donors (Lipinski definition) is 1. The van der Waals surface area contributed by atoms with E-state index in [1.165, 1.54) is 4.90 Å². The number of nitrogens with zero attached hydrogens (tertiary/aromatic N) is 2. The second-order valence-electron chi connectivity index (χ2n) is 8.34. The summed E-state index contributed by atoms with van der Waals surface area (Å²) in [6.45, 7) is 7.55. The van der Waals surface area contributed by atoms with Gasteiger partial charge in [-0.1, -0.05) is 35.0 Å². The highest BCUT2D eigenvalue weighted by Crippen LogP contribution is 2.23. The van der Waals surface area contributed by atoms with Crippen molar-refractivity contribution in [1.82, 2.24) is 10.2 Å². The Bertz CT molecular complexity index is 1090. The monoisotopic (exact) mass is 567 g/mol. The van der Waals surface area contributed by atoms with Gasteiger partial charge in [0.05, 0.1) is 18.6 Å². The predicted octanol–water partition coefficient (Wildman–Crippen LogP) is 3.95. The average Bonchev–Trinajstić information content (AvgIpc) is 2.81. The molecule has 10 heteroatoms. The van der Waals surface area contributed by atoms with Crippen LogP contribution in [0.25, 0.3) is 0 Å². The van der Waals surface area contributed by atoms with Crippen molar-refractivity contribution in [2.24, 2.45) is 0 Å². The van der Waals surface area contributed by atoms with Gasteiger partial charge in [0.15, 0.2) is 0 Å². The fraction of sp³-hybridized carbons (Fsp3) is 0.440. The highest BCUT2D eigenvalue weighted by Gasteiger charge is 2.30. The van der Waals surface area contributed by atoms with Crippen molar-refractivity contribution in [2.75, 3.05) is 23.7 Å². The molecule has 1 N–H and O–H groups in total. The lowest BCUT2D eigenvalue weighted by Gasteiger charge is -2.32. The molecular formula is C25H34BrN3O5S. The first-order valence-electron chi connectivity index (χ1n) is 11.5. The van der Waals surface area contributed by atoms with E-state index in [2.05, 4.69) is 21.2 Å². The molecule has 2 amide bonds. The Morgan fingerprint density at radius 2 is 1.63 bits per heavy atom. The summed E-state index contributed by atoms with van der Waals surface area (Å²) in [6.07, 6.45) is 1.80. The van der Waals surface area contributed by atoms with E-state index < -0.39 is 28.5 Å². The number of ether oxygens (including phenoxy) is 1. The maximum absolute atomic E-state index is 13.5. The fourth-order valence-electron chi connectivity index (χ4n) is 3.32. The smallest absolute Gasteiger partial charge is 0.244 e. The van der Waals surface area contributed by atoms with Crippen LogP contribution in [0.3, 0.4) is 0 Å². The molecule has 0 aromatic heterocycles. The molecule has 35 heavy (non-hydrogen) atoms. The van der Waals surface area contributed by atoms with Gasteiger partial charge < -0.3 is 15.0 Å².